The summed E-state index contributed by atoms with van der Waals surface area (Å²) in [6.07, 6.45) is 5.17. The Morgan fingerprint density at radius 1 is 1.40 bits per heavy atom. The molecule has 1 aromatic heterocycles. The molecular weight excluding hydrogens is 250 g/mol. The maximum absolute atomic E-state index is 5.87. The third-order valence-corrected chi connectivity index (χ3v) is 3.78. The monoisotopic (exact) mass is 271 g/mol. The predicted molar refractivity (Wildman–Crippen MR) is 79.7 cm³/mol. The molecule has 3 rings (SSSR count). The maximum atomic E-state index is 5.87. The van der Waals surface area contributed by atoms with Crippen molar-refractivity contribution >= 4 is 0 Å². The van der Waals surface area contributed by atoms with Crippen LogP contribution >= 0.6 is 0 Å². The summed E-state index contributed by atoms with van der Waals surface area (Å²) in [6, 6.07) is 4.39. The number of hydrogen-bond acceptors (Lipinski definition) is 3. The quantitative estimate of drug-likeness (QED) is 0.929. The topological polar surface area (TPSA) is 53.1 Å². The Hall–Kier alpha value is -1.81. The van der Waals surface area contributed by atoms with Crippen LogP contribution in [0.2, 0.25) is 0 Å². The van der Waals surface area contributed by atoms with E-state index in [1.807, 2.05) is 11.7 Å². The molecule has 20 heavy (non-hydrogen) atoms. The standard InChI is InChI=1S/C16H21N3O/c1-3-4-15-14(10-19(2)18-15)12-7-11-5-6-20-16(11)13(8-12)9-17/h7-8,10H,3-6,9,17H2,1-2H3. The van der Waals surface area contributed by atoms with Gasteiger partial charge in [-0.05, 0) is 29.7 Å². The van der Waals surface area contributed by atoms with Crippen LogP contribution in [0.1, 0.15) is 30.2 Å². The second-order valence-electron chi connectivity index (χ2n) is 5.34. The molecule has 0 radical (unpaired) electrons. The van der Waals surface area contributed by atoms with Crippen LogP contribution in [0.25, 0.3) is 11.1 Å². The van der Waals surface area contributed by atoms with Gasteiger partial charge in [0.15, 0.2) is 0 Å². The van der Waals surface area contributed by atoms with E-state index in [1.54, 1.807) is 0 Å². The van der Waals surface area contributed by atoms with Crippen molar-refractivity contribution in [3.63, 3.8) is 0 Å². The molecule has 0 bridgehead atoms. The second-order valence-corrected chi connectivity index (χ2v) is 5.34. The van der Waals surface area contributed by atoms with Gasteiger partial charge >= 0.3 is 0 Å². The highest BCUT2D eigenvalue weighted by Gasteiger charge is 2.19. The van der Waals surface area contributed by atoms with Crippen LogP contribution in [0.15, 0.2) is 18.3 Å². The normalized spacial score (nSPS) is 13.3. The smallest absolute Gasteiger partial charge is 0.127 e. The third kappa shape index (κ3) is 2.20. The van der Waals surface area contributed by atoms with Crippen molar-refractivity contribution in [1.29, 1.82) is 0 Å². The molecule has 0 atom stereocenters. The van der Waals surface area contributed by atoms with Crippen molar-refractivity contribution in [2.75, 3.05) is 6.61 Å². The summed E-state index contributed by atoms with van der Waals surface area (Å²) >= 11 is 0. The van der Waals surface area contributed by atoms with Gasteiger partial charge in [-0.1, -0.05) is 13.3 Å². The van der Waals surface area contributed by atoms with Crippen LogP contribution < -0.4 is 10.5 Å². The Labute approximate surface area is 119 Å². The zero-order valence-corrected chi connectivity index (χ0v) is 12.1. The first-order valence-corrected chi connectivity index (χ1v) is 7.24. The Balaban J connectivity index is 2.10. The maximum Gasteiger partial charge on any atom is 0.127 e. The van der Waals surface area contributed by atoms with E-state index < -0.39 is 0 Å². The lowest BCUT2D eigenvalue weighted by Crippen LogP contribution is -2.00. The number of rotatable bonds is 4. The minimum atomic E-state index is 0.513. The Morgan fingerprint density at radius 3 is 3.00 bits per heavy atom. The Morgan fingerprint density at radius 2 is 2.25 bits per heavy atom. The first kappa shape index (κ1) is 13.2. The van der Waals surface area contributed by atoms with Crippen molar-refractivity contribution in [2.24, 2.45) is 12.8 Å². The molecule has 1 aromatic carbocycles. The SMILES string of the molecule is CCCc1nn(C)cc1-c1cc(CN)c2c(c1)CCO2. The van der Waals surface area contributed by atoms with Gasteiger partial charge in [0.05, 0.1) is 12.3 Å². The van der Waals surface area contributed by atoms with E-state index in [2.05, 4.69) is 30.4 Å². The average molecular weight is 271 g/mol. The molecule has 1 aliphatic heterocycles. The second kappa shape index (κ2) is 5.29. The van der Waals surface area contributed by atoms with Crippen molar-refractivity contribution < 1.29 is 4.74 Å². The fourth-order valence-electron chi connectivity index (χ4n) is 2.89. The van der Waals surface area contributed by atoms with Crippen LogP contribution in [-0.2, 0) is 26.4 Å². The van der Waals surface area contributed by atoms with Crippen molar-refractivity contribution in [1.82, 2.24) is 9.78 Å². The van der Waals surface area contributed by atoms with Crippen LogP contribution in [0.4, 0.5) is 0 Å². The van der Waals surface area contributed by atoms with Crippen LogP contribution in [-0.4, -0.2) is 16.4 Å². The van der Waals surface area contributed by atoms with Gasteiger partial charge in [0, 0.05) is 37.3 Å². The Bertz CT molecular complexity index is 631. The van der Waals surface area contributed by atoms with E-state index in [9.17, 15) is 0 Å². The molecule has 0 spiro atoms. The van der Waals surface area contributed by atoms with Crippen LogP contribution in [0.3, 0.4) is 0 Å². The number of benzene rings is 1. The number of ether oxygens (including phenoxy) is 1. The average Bonchev–Trinajstić information content (AvgIpc) is 3.04. The lowest BCUT2D eigenvalue weighted by atomic mass is 9.97. The summed E-state index contributed by atoms with van der Waals surface area (Å²) in [5.74, 6) is 0.997. The highest BCUT2D eigenvalue weighted by molar-refractivity contribution is 5.69. The fourth-order valence-corrected chi connectivity index (χ4v) is 2.89. The summed E-state index contributed by atoms with van der Waals surface area (Å²) in [7, 11) is 1.98. The molecular formula is C16H21N3O. The molecule has 0 amide bonds. The van der Waals surface area contributed by atoms with Gasteiger partial charge in [-0.25, -0.2) is 0 Å². The number of aryl methyl sites for hydroxylation is 2. The summed E-state index contributed by atoms with van der Waals surface area (Å²) in [6.45, 7) is 3.46. The summed E-state index contributed by atoms with van der Waals surface area (Å²) in [5, 5.41) is 4.58. The molecule has 4 nitrogen and oxygen atoms in total. The molecule has 1 aliphatic rings. The molecule has 0 unspecified atom stereocenters. The minimum absolute atomic E-state index is 0.513. The van der Waals surface area contributed by atoms with E-state index in [4.69, 9.17) is 10.5 Å². The molecule has 0 aliphatic carbocycles. The van der Waals surface area contributed by atoms with E-state index in [0.29, 0.717) is 6.54 Å². The van der Waals surface area contributed by atoms with Gasteiger partial charge in [-0.15, -0.1) is 0 Å². The largest absolute Gasteiger partial charge is 0.493 e. The van der Waals surface area contributed by atoms with E-state index in [-0.39, 0.29) is 0 Å². The van der Waals surface area contributed by atoms with Gasteiger partial charge in [-0.3, -0.25) is 4.68 Å². The summed E-state index contributed by atoms with van der Waals surface area (Å²) < 4.78 is 7.59. The zero-order valence-electron chi connectivity index (χ0n) is 12.1. The predicted octanol–water partition coefficient (Wildman–Crippen LogP) is 2.43. The van der Waals surface area contributed by atoms with Gasteiger partial charge in [0.1, 0.15) is 5.75 Å². The number of aromatic nitrogens is 2. The van der Waals surface area contributed by atoms with E-state index in [1.165, 1.54) is 16.7 Å². The van der Waals surface area contributed by atoms with Gasteiger partial charge in [0.2, 0.25) is 0 Å². The van der Waals surface area contributed by atoms with Gasteiger partial charge < -0.3 is 10.5 Å². The number of fused-ring (bicyclic) bond motifs is 1. The third-order valence-electron chi connectivity index (χ3n) is 3.78. The lowest BCUT2D eigenvalue weighted by molar-refractivity contribution is 0.353. The summed E-state index contributed by atoms with van der Waals surface area (Å²) in [5.41, 5.74) is 11.8. The summed E-state index contributed by atoms with van der Waals surface area (Å²) in [4.78, 5) is 0. The van der Waals surface area contributed by atoms with Crippen LogP contribution in [0.5, 0.6) is 5.75 Å². The van der Waals surface area contributed by atoms with Crippen molar-refractivity contribution in [3.8, 4) is 16.9 Å². The first-order chi connectivity index (χ1) is 9.72. The molecule has 2 aromatic rings. The molecule has 106 valence electrons. The first-order valence-electron chi connectivity index (χ1n) is 7.24. The Kier molecular flexibility index (Phi) is 3.49. The highest BCUT2D eigenvalue weighted by Crippen LogP contribution is 2.35. The van der Waals surface area contributed by atoms with Gasteiger partial charge in [-0.2, -0.15) is 5.10 Å². The van der Waals surface area contributed by atoms with Crippen LogP contribution in [0, 0.1) is 0 Å². The van der Waals surface area contributed by atoms with Gasteiger partial charge in [0.25, 0.3) is 0 Å². The van der Waals surface area contributed by atoms with E-state index in [0.717, 1.165) is 42.9 Å². The molecule has 2 heterocycles. The molecule has 0 saturated heterocycles. The molecule has 2 N–H and O–H groups in total. The number of nitrogens with two attached hydrogens (primary N) is 1. The number of nitrogens with zero attached hydrogens (tertiary/aromatic N) is 2. The lowest BCUT2D eigenvalue weighted by Gasteiger charge is -2.09. The fraction of sp³-hybridized carbons (Fsp3) is 0.438. The number of hydrogen-bond donors (Lipinski definition) is 1. The van der Waals surface area contributed by atoms with E-state index >= 15 is 0 Å². The highest BCUT2D eigenvalue weighted by atomic mass is 16.5. The molecule has 0 fully saturated rings. The van der Waals surface area contributed by atoms with Crippen molar-refractivity contribution in [3.05, 3.63) is 35.2 Å². The minimum Gasteiger partial charge on any atom is -0.493 e. The molecule has 0 saturated carbocycles. The molecule has 4 heteroatoms. The zero-order chi connectivity index (χ0) is 14.1. The van der Waals surface area contributed by atoms with Crippen molar-refractivity contribution in [2.45, 2.75) is 32.7 Å².